The summed E-state index contributed by atoms with van der Waals surface area (Å²) in [5, 5.41) is 5.46. The molecule has 8 heteroatoms. The molecule has 2 aromatic carbocycles. The molecule has 0 aliphatic rings. The maximum atomic E-state index is 13.2. The third-order valence-electron chi connectivity index (χ3n) is 5.35. The highest BCUT2D eigenvalue weighted by atomic mass is 16.5. The van der Waals surface area contributed by atoms with Gasteiger partial charge in [0.15, 0.2) is 0 Å². The monoisotopic (exact) mass is 455 g/mol. The number of hydrogen-bond acceptors (Lipinski definition) is 5. The van der Waals surface area contributed by atoms with E-state index in [1.165, 1.54) is 4.90 Å². The van der Waals surface area contributed by atoms with Crippen molar-refractivity contribution in [2.24, 2.45) is 5.92 Å². The van der Waals surface area contributed by atoms with Crippen LogP contribution >= 0.6 is 0 Å². The molecule has 8 nitrogen and oxygen atoms in total. The summed E-state index contributed by atoms with van der Waals surface area (Å²) in [6, 6.07) is 15.5. The minimum absolute atomic E-state index is 0.106. The zero-order valence-electron chi connectivity index (χ0n) is 19.7. The Morgan fingerprint density at radius 2 is 1.76 bits per heavy atom. The first-order valence-corrected chi connectivity index (χ1v) is 11.1. The van der Waals surface area contributed by atoms with Crippen LogP contribution in [-0.2, 0) is 20.9 Å². The van der Waals surface area contributed by atoms with Crippen molar-refractivity contribution in [3.05, 3.63) is 60.2 Å². The largest absolute Gasteiger partial charge is 0.497 e. The van der Waals surface area contributed by atoms with Crippen molar-refractivity contribution < 1.29 is 23.9 Å². The van der Waals surface area contributed by atoms with E-state index >= 15 is 0 Å². The lowest BCUT2D eigenvalue weighted by Gasteiger charge is -2.29. The number of hydrogen-bond donors (Lipinski definition) is 2. The van der Waals surface area contributed by atoms with Crippen LogP contribution in [0.4, 0.5) is 10.5 Å². The van der Waals surface area contributed by atoms with Gasteiger partial charge in [0.25, 0.3) is 0 Å². The topological polar surface area (TPSA) is 97.0 Å². The molecule has 2 rings (SSSR count). The summed E-state index contributed by atoms with van der Waals surface area (Å²) in [5.74, 6) is -0.194. The molecule has 33 heavy (non-hydrogen) atoms. The fraction of sp³-hybridized carbons (Fsp3) is 0.400. The molecule has 3 amide bonds. The van der Waals surface area contributed by atoms with E-state index in [9.17, 15) is 14.4 Å². The van der Waals surface area contributed by atoms with Crippen LogP contribution in [0.25, 0.3) is 0 Å². The van der Waals surface area contributed by atoms with Crippen LogP contribution in [0.1, 0.15) is 32.8 Å². The van der Waals surface area contributed by atoms with Crippen molar-refractivity contribution in [1.82, 2.24) is 10.2 Å². The fourth-order valence-electron chi connectivity index (χ4n) is 3.19. The molecule has 0 bridgehead atoms. The van der Waals surface area contributed by atoms with Crippen molar-refractivity contribution in [3.8, 4) is 5.75 Å². The van der Waals surface area contributed by atoms with Crippen molar-refractivity contribution in [2.75, 3.05) is 25.5 Å². The minimum atomic E-state index is -0.803. The number of rotatable bonds is 11. The summed E-state index contributed by atoms with van der Waals surface area (Å²) >= 11 is 0. The second kappa shape index (κ2) is 13.1. The molecule has 0 aliphatic carbocycles. The predicted molar refractivity (Wildman–Crippen MR) is 127 cm³/mol. The highest BCUT2D eigenvalue weighted by molar-refractivity contribution is 5.96. The van der Waals surface area contributed by atoms with Gasteiger partial charge in [0.1, 0.15) is 18.4 Å². The number of benzene rings is 2. The first kappa shape index (κ1) is 25.7. The summed E-state index contributed by atoms with van der Waals surface area (Å²) < 4.78 is 10.5. The van der Waals surface area contributed by atoms with Gasteiger partial charge >= 0.3 is 6.09 Å². The van der Waals surface area contributed by atoms with Crippen LogP contribution in [0.3, 0.4) is 0 Å². The Balaban J connectivity index is 2.00. The molecule has 0 saturated heterocycles. The van der Waals surface area contributed by atoms with E-state index < -0.39 is 12.1 Å². The van der Waals surface area contributed by atoms with E-state index in [0.29, 0.717) is 24.4 Å². The Bertz CT molecular complexity index is 919. The zero-order valence-corrected chi connectivity index (χ0v) is 19.7. The van der Waals surface area contributed by atoms with Gasteiger partial charge in [-0.15, -0.1) is 0 Å². The van der Waals surface area contributed by atoms with Crippen LogP contribution in [0, 0.1) is 5.92 Å². The number of methoxy groups -OCH3 is 1. The van der Waals surface area contributed by atoms with Crippen LogP contribution in [0.2, 0.25) is 0 Å². The van der Waals surface area contributed by atoms with Crippen LogP contribution in [0.5, 0.6) is 5.75 Å². The van der Waals surface area contributed by atoms with Gasteiger partial charge in [-0.1, -0.05) is 56.7 Å². The Hall–Kier alpha value is -3.55. The minimum Gasteiger partial charge on any atom is -0.497 e. The summed E-state index contributed by atoms with van der Waals surface area (Å²) in [6.07, 6.45) is -0.00229. The summed E-state index contributed by atoms with van der Waals surface area (Å²) in [5.41, 5.74) is 1.42. The second-order valence-corrected chi connectivity index (χ2v) is 7.70. The van der Waals surface area contributed by atoms with Crippen molar-refractivity contribution in [1.29, 1.82) is 0 Å². The van der Waals surface area contributed by atoms with Gasteiger partial charge < -0.3 is 25.0 Å². The van der Waals surface area contributed by atoms with E-state index in [0.717, 1.165) is 5.56 Å². The van der Waals surface area contributed by atoms with E-state index in [1.54, 1.807) is 38.3 Å². The van der Waals surface area contributed by atoms with Gasteiger partial charge in [-0.05, 0) is 30.5 Å². The summed E-state index contributed by atoms with van der Waals surface area (Å²) in [7, 11) is 1.55. The number of anilines is 1. The number of carbonyl (C=O) groups excluding carboxylic acids is 3. The molecule has 2 atom stereocenters. The van der Waals surface area contributed by atoms with E-state index in [2.05, 4.69) is 10.6 Å². The number of likely N-dealkylation sites (N-methyl/N-ethyl adjacent to an activating group) is 1. The Labute approximate surface area is 195 Å². The van der Waals surface area contributed by atoms with Gasteiger partial charge in [-0.25, -0.2) is 4.79 Å². The number of alkyl carbamates (subject to hydrolysis) is 1. The predicted octanol–water partition coefficient (Wildman–Crippen LogP) is 3.82. The highest BCUT2D eigenvalue weighted by Gasteiger charge is 2.30. The molecule has 0 aromatic heterocycles. The third kappa shape index (κ3) is 8.14. The normalized spacial score (nSPS) is 12.2. The van der Waals surface area contributed by atoms with Crippen molar-refractivity contribution in [3.63, 3.8) is 0 Å². The molecule has 178 valence electrons. The van der Waals surface area contributed by atoms with Crippen molar-refractivity contribution in [2.45, 2.75) is 39.8 Å². The molecule has 0 spiro atoms. The standard InChI is InChI=1S/C25H33N3O5/c1-5-18(3)23(27-25(31)33-17-19-11-8-7-9-12-19)24(30)28(6-2)16-22(29)26-20-13-10-14-21(15-20)32-4/h7-15,18,23H,5-6,16-17H2,1-4H3,(H,26,29)(H,27,31)/t18-,23-/m0/s1. The number of carbonyl (C=O) groups is 3. The highest BCUT2D eigenvalue weighted by Crippen LogP contribution is 2.17. The van der Waals surface area contributed by atoms with Gasteiger partial charge in [-0.2, -0.15) is 0 Å². The Morgan fingerprint density at radius 1 is 1.03 bits per heavy atom. The molecule has 0 heterocycles. The summed E-state index contributed by atoms with van der Waals surface area (Å²) in [4.78, 5) is 39.6. The number of ether oxygens (including phenoxy) is 2. The summed E-state index contributed by atoms with van der Waals surface area (Å²) in [6.45, 7) is 5.89. The van der Waals surface area contributed by atoms with Crippen LogP contribution in [0.15, 0.2) is 54.6 Å². The average molecular weight is 456 g/mol. The lowest BCUT2D eigenvalue weighted by atomic mass is 9.98. The lowest BCUT2D eigenvalue weighted by Crippen LogP contribution is -2.53. The molecule has 0 saturated carbocycles. The molecular formula is C25H33N3O5. The quantitative estimate of drug-likeness (QED) is 0.537. The SMILES string of the molecule is CC[C@H](C)[C@H](NC(=O)OCc1ccccc1)C(=O)N(CC)CC(=O)Nc1cccc(OC)c1. The first-order chi connectivity index (χ1) is 15.9. The molecule has 0 aliphatic heterocycles. The van der Waals surface area contributed by atoms with Gasteiger partial charge in [0.2, 0.25) is 11.8 Å². The smallest absolute Gasteiger partial charge is 0.408 e. The maximum absolute atomic E-state index is 13.2. The second-order valence-electron chi connectivity index (χ2n) is 7.70. The number of nitrogens with one attached hydrogen (secondary N) is 2. The Morgan fingerprint density at radius 3 is 2.39 bits per heavy atom. The van der Waals surface area contributed by atoms with Crippen LogP contribution < -0.4 is 15.4 Å². The number of amides is 3. The molecule has 0 fully saturated rings. The van der Waals surface area contributed by atoms with E-state index in [-0.39, 0.29) is 30.9 Å². The molecular weight excluding hydrogens is 422 g/mol. The first-order valence-electron chi connectivity index (χ1n) is 11.1. The Kier molecular flexibility index (Phi) is 10.2. The average Bonchev–Trinajstić information content (AvgIpc) is 2.84. The van der Waals surface area contributed by atoms with Gasteiger partial charge in [0.05, 0.1) is 13.7 Å². The fourth-order valence-corrected chi connectivity index (χ4v) is 3.19. The maximum Gasteiger partial charge on any atom is 0.408 e. The molecule has 0 unspecified atom stereocenters. The number of nitrogens with zero attached hydrogens (tertiary/aromatic N) is 1. The van der Waals surface area contributed by atoms with Gasteiger partial charge in [0, 0.05) is 18.3 Å². The molecule has 2 N–H and O–H groups in total. The van der Waals surface area contributed by atoms with E-state index in [1.807, 2.05) is 44.2 Å². The lowest BCUT2D eigenvalue weighted by molar-refractivity contribution is -0.137. The molecule has 2 aromatic rings. The molecule has 0 radical (unpaired) electrons. The zero-order chi connectivity index (χ0) is 24.2. The van der Waals surface area contributed by atoms with Gasteiger partial charge in [-0.3, -0.25) is 9.59 Å². The third-order valence-corrected chi connectivity index (χ3v) is 5.35. The van der Waals surface area contributed by atoms with E-state index in [4.69, 9.17) is 9.47 Å². The van der Waals surface area contributed by atoms with Crippen LogP contribution in [-0.4, -0.2) is 49.0 Å². The van der Waals surface area contributed by atoms with Crippen molar-refractivity contribution >= 4 is 23.6 Å².